The van der Waals surface area contributed by atoms with Gasteiger partial charge in [-0.15, -0.1) is 0 Å². The van der Waals surface area contributed by atoms with Gasteiger partial charge in [-0.2, -0.15) is 5.10 Å². The molecule has 0 fully saturated rings. The number of aromatic nitrogens is 2. The largest absolute Gasteiger partial charge is 0.466 e. The molecule has 3 aromatic carbocycles. The predicted molar refractivity (Wildman–Crippen MR) is 131 cm³/mol. The fraction of sp³-hybridized carbons (Fsp3) is 0.0714. The number of ether oxygens (including phenoxy) is 1. The molecule has 0 unspecified atom stereocenters. The van der Waals surface area contributed by atoms with E-state index in [9.17, 15) is 18.4 Å². The summed E-state index contributed by atoms with van der Waals surface area (Å²) in [5.74, 6) is -3.08. The van der Waals surface area contributed by atoms with Gasteiger partial charge in [0.05, 0.1) is 41.9 Å². The van der Waals surface area contributed by atoms with Gasteiger partial charge in [-0.25, -0.2) is 18.3 Å². The maximum Gasteiger partial charge on any atom is 0.335 e. The number of aliphatic imine (C=N–C) groups is 1. The van der Waals surface area contributed by atoms with Crippen LogP contribution in [0.4, 0.5) is 8.78 Å². The van der Waals surface area contributed by atoms with E-state index in [0.717, 1.165) is 17.7 Å². The fourth-order valence-electron chi connectivity index (χ4n) is 4.10. The number of carbonyl (C=O) groups is 2. The Morgan fingerprint density at radius 3 is 2.19 bits per heavy atom. The van der Waals surface area contributed by atoms with Crippen molar-refractivity contribution in [2.45, 2.75) is 0 Å². The number of carbonyl (C=O) groups excluding carboxylic acids is 2. The average Bonchev–Trinajstić information content (AvgIpc) is 3.16. The van der Waals surface area contributed by atoms with E-state index in [1.54, 1.807) is 4.68 Å². The fourth-order valence-corrected chi connectivity index (χ4v) is 4.10. The molecule has 6 nitrogen and oxygen atoms in total. The Morgan fingerprint density at radius 2 is 1.56 bits per heavy atom. The number of para-hydroxylation sites is 1. The highest BCUT2D eigenvalue weighted by Gasteiger charge is 2.31. The first-order valence-electron chi connectivity index (χ1n) is 11.0. The zero-order valence-electron chi connectivity index (χ0n) is 19.1. The van der Waals surface area contributed by atoms with E-state index in [4.69, 9.17) is 9.84 Å². The predicted octanol–water partition coefficient (Wildman–Crippen LogP) is 5.06. The van der Waals surface area contributed by atoms with Crippen LogP contribution in [0.5, 0.6) is 0 Å². The van der Waals surface area contributed by atoms with Gasteiger partial charge in [0, 0.05) is 17.2 Å². The highest BCUT2D eigenvalue weighted by molar-refractivity contribution is 6.53. The molecule has 0 radical (unpaired) electrons. The summed E-state index contributed by atoms with van der Waals surface area (Å²) in [5.41, 5.74) is 2.55. The van der Waals surface area contributed by atoms with E-state index >= 15 is 0 Å². The summed E-state index contributed by atoms with van der Waals surface area (Å²) in [6.45, 7) is -0.165. The van der Waals surface area contributed by atoms with Crippen molar-refractivity contribution in [3.05, 3.63) is 113 Å². The van der Waals surface area contributed by atoms with Crippen LogP contribution in [-0.2, 0) is 9.53 Å². The third-order valence-electron chi connectivity index (χ3n) is 5.70. The summed E-state index contributed by atoms with van der Waals surface area (Å²) in [6, 6.07) is 21.1. The normalized spacial score (nSPS) is 12.8. The molecule has 178 valence electrons. The minimum atomic E-state index is -0.885. The van der Waals surface area contributed by atoms with Gasteiger partial charge in [0.15, 0.2) is 0 Å². The number of nitrogens with zero attached hydrogens (tertiary/aromatic N) is 3. The van der Waals surface area contributed by atoms with Crippen LogP contribution in [0.25, 0.3) is 23.0 Å². The Morgan fingerprint density at radius 1 is 0.917 bits per heavy atom. The van der Waals surface area contributed by atoms with Crippen molar-refractivity contribution < 1.29 is 23.1 Å². The van der Waals surface area contributed by atoms with Crippen LogP contribution in [0.15, 0.2) is 89.4 Å². The number of methoxy groups -OCH3 is 1. The first kappa shape index (κ1) is 23.0. The van der Waals surface area contributed by atoms with E-state index in [2.05, 4.69) is 4.99 Å². The number of esters is 1. The van der Waals surface area contributed by atoms with Crippen LogP contribution in [0, 0.1) is 11.6 Å². The molecule has 1 aliphatic rings. The topological polar surface area (TPSA) is 73.5 Å². The van der Waals surface area contributed by atoms with Crippen LogP contribution in [0.1, 0.15) is 21.6 Å². The minimum absolute atomic E-state index is 0.0637. The quantitative estimate of drug-likeness (QED) is 0.294. The lowest BCUT2D eigenvalue weighted by molar-refractivity contribution is -0.136. The lowest BCUT2D eigenvalue weighted by Gasteiger charge is -2.12. The molecule has 2 heterocycles. The van der Waals surface area contributed by atoms with Gasteiger partial charge in [0.25, 0.3) is 0 Å². The molecular weight excluding hydrogens is 464 g/mol. The maximum atomic E-state index is 14.0. The summed E-state index contributed by atoms with van der Waals surface area (Å²) in [6.07, 6.45) is 1.53. The molecule has 5 rings (SSSR count). The van der Waals surface area contributed by atoms with Crippen molar-refractivity contribution in [2.24, 2.45) is 4.99 Å². The lowest BCUT2D eigenvalue weighted by Crippen LogP contribution is -2.18. The zero-order valence-corrected chi connectivity index (χ0v) is 19.1. The summed E-state index contributed by atoms with van der Waals surface area (Å²) >= 11 is 0. The van der Waals surface area contributed by atoms with Crippen molar-refractivity contribution in [1.82, 2.24) is 9.78 Å². The molecule has 0 saturated carbocycles. The second-order valence-corrected chi connectivity index (χ2v) is 8.04. The molecule has 1 aliphatic heterocycles. The molecule has 0 spiro atoms. The molecule has 36 heavy (non-hydrogen) atoms. The van der Waals surface area contributed by atoms with Gasteiger partial charge < -0.3 is 4.74 Å². The lowest BCUT2D eigenvalue weighted by atomic mass is 9.95. The van der Waals surface area contributed by atoms with Crippen LogP contribution < -0.4 is 0 Å². The Labute approximate surface area is 205 Å². The molecule has 0 amide bonds. The van der Waals surface area contributed by atoms with Crippen molar-refractivity contribution in [3.63, 3.8) is 0 Å². The van der Waals surface area contributed by atoms with E-state index in [1.807, 2.05) is 60.7 Å². The third kappa shape index (κ3) is 4.24. The first-order chi connectivity index (χ1) is 17.5. The Bertz CT molecular complexity index is 1520. The van der Waals surface area contributed by atoms with Crippen LogP contribution in [0.3, 0.4) is 0 Å². The van der Waals surface area contributed by atoms with Crippen LogP contribution >= 0.6 is 0 Å². The number of ketones is 1. The third-order valence-corrected chi connectivity index (χ3v) is 5.70. The molecule has 0 atom stereocenters. The number of hydrogen-bond donors (Lipinski definition) is 0. The second kappa shape index (κ2) is 9.50. The highest BCUT2D eigenvalue weighted by atomic mass is 19.1. The van der Waals surface area contributed by atoms with Gasteiger partial charge in [-0.3, -0.25) is 9.79 Å². The Kier molecular flexibility index (Phi) is 6.08. The van der Waals surface area contributed by atoms with Crippen molar-refractivity contribution in [3.8, 4) is 16.9 Å². The number of hydrogen-bond acceptors (Lipinski definition) is 5. The van der Waals surface area contributed by atoms with E-state index in [0.29, 0.717) is 28.7 Å². The monoisotopic (exact) mass is 483 g/mol. The summed E-state index contributed by atoms with van der Waals surface area (Å²) in [5, 5.41) is 4.74. The van der Waals surface area contributed by atoms with E-state index < -0.39 is 23.4 Å². The van der Waals surface area contributed by atoms with Crippen molar-refractivity contribution in [2.75, 3.05) is 13.7 Å². The number of rotatable bonds is 5. The molecule has 1 aromatic heterocycles. The molecular formula is C28H19F2N3O3. The minimum Gasteiger partial charge on any atom is -0.466 e. The maximum absolute atomic E-state index is 14.0. The Balaban J connectivity index is 1.81. The van der Waals surface area contributed by atoms with Crippen LogP contribution in [0.2, 0.25) is 0 Å². The van der Waals surface area contributed by atoms with Crippen molar-refractivity contribution in [1.29, 1.82) is 0 Å². The summed E-state index contributed by atoms with van der Waals surface area (Å²) < 4.78 is 34.5. The zero-order chi connectivity index (χ0) is 25.2. The number of benzene rings is 3. The molecule has 4 aromatic rings. The van der Waals surface area contributed by atoms with Gasteiger partial charge in [0.1, 0.15) is 17.3 Å². The van der Waals surface area contributed by atoms with E-state index in [1.165, 1.54) is 13.2 Å². The summed E-state index contributed by atoms with van der Waals surface area (Å²) in [4.78, 5) is 30.5. The van der Waals surface area contributed by atoms with Gasteiger partial charge in [-0.1, -0.05) is 48.5 Å². The van der Waals surface area contributed by atoms with Crippen molar-refractivity contribution >= 4 is 23.5 Å². The molecule has 0 saturated heterocycles. The molecule has 0 aliphatic carbocycles. The smallest absolute Gasteiger partial charge is 0.335 e. The number of Topliss-reactive ketones (excluding diaryl/α,β-unsaturated/α-hetero) is 1. The number of halogens is 2. The molecule has 0 bridgehead atoms. The van der Waals surface area contributed by atoms with Gasteiger partial charge in [0.2, 0.25) is 5.78 Å². The SMILES string of the molecule is COC(=O)C1=Cc2nn(-c3ccccc3)c(-c3ccccc3)c2C(C(=O)c2cc(F)cc(F)c2)=NC1. The average molecular weight is 483 g/mol. The van der Waals surface area contributed by atoms with E-state index in [-0.39, 0.29) is 23.4 Å². The van der Waals surface area contributed by atoms with Gasteiger partial charge >= 0.3 is 5.97 Å². The first-order valence-corrected chi connectivity index (χ1v) is 11.0. The number of fused-ring (bicyclic) bond motifs is 1. The summed E-state index contributed by atoms with van der Waals surface area (Å²) in [7, 11) is 1.25. The van der Waals surface area contributed by atoms with Gasteiger partial charge in [-0.05, 0) is 30.3 Å². The molecule has 0 N–H and O–H groups in total. The van der Waals surface area contributed by atoms with Crippen LogP contribution in [-0.4, -0.2) is 40.9 Å². The standard InChI is InChI=1S/C28H19F2N3O3/c1-36-28(35)19-14-23-24(25(31-16-19)27(34)18-12-20(29)15-21(30)13-18)26(17-8-4-2-5-9-17)33(32-23)22-10-6-3-7-11-22/h2-15H,16H2,1H3. The molecule has 8 heteroatoms. The Hall–Kier alpha value is -4.72. The highest BCUT2D eigenvalue weighted by Crippen LogP contribution is 2.33. The second-order valence-electron chi connectivity index (χ2n) is 8.04.